The average molecular weight is 549 g/mol. The van der Waals surface area contributed by atoms with Crippen LogP contribution in [0.5, 0.6) is 0 Å². The second-order valence-corrected chi connectivity index (χ2v) is 25.0. The number of hydrogen-bond acceptors (Lipinski definition) is 1. The van der Waals surface area contributed by atoms with Crippen LogP contribution in [0.15, 0.2) is 0 Å². The molecule has 1 heterocycles. The third-order valence-electron chi connectivity index (χ3n) is 10.7. The van der Waals surface area contributed by atoms with Crippen LogP contribution in [0.4, 0.5) is 0 Å². The van der Waals surface area contributed by atoms with Gasteiger partial charge in [-0.2, -0.15) is 0 Å². The predicted octanol–water partition coefficient (Wildman–Crippen LogP) is 12.2. The van der Waals surface area contributed by atoms with Crippen molar-refractivity contribution in [3.8, 4) is 0 Å². The maximum absolute atomic E-state index is 8.36. The van der Waals surface area contributed by atoms with Gasteiger partial charge in [0.25, 0.3) is 0 Å². The van der Waals surface area contributed by atoms with E-state index in [1.807, 2.05) is 0 Å². The summed E-state index contributed by atoms with van der Waals surface area (Å²) in [6.45, 7) is 61.1. The van der Waals surface area contributed by atoms with Crippen molar-refractivity contribution in [3.05, 3.63) is 0 Å². The lowest BCUT2D eigenvalue weighted by molar-refractivity contribution is -0.384. The van der Waals surface area contributed by atoms with E-state index in [1.165, 1.54) is 0 Å². The van der Waals surface area contributed by atoms with Gasteiger partial charge >= 0.3 is 14.5 Å². The molecule has 0 aromatic heterocycles. The first-order chi connectivity index (χ1) is 16.0. The first kappa shape index (κ1) is 36.5. The van der Waals surface area contributed by atoms with Gasteiger partial charge in [-0.05, 0) is 48.1 Å². The zero-order valence-electron chi connectivity index (χ0n) is 31.1. The molecule has 1 rings (SSSR count). The highest BCUT2D eigenvalue weighted by atomic mass is 27.2. The monoisotopic (exact) mass is 549 g/mol. The highest BCUT2D eigenvalue weighted by Gasteiger charge is 2.87. The summed E-state index contributed by atoms with van der Waals surface area (Å²) in [6, 6.07) is 0. The van der Waals surface area contributed by atoms with Crippen molar-refractivity contribution in [2.75, 3.05) is 0 Å². The molecule has 1 unspecified atom stereocenters. The van der Waals surface area contributed by atoms with Crippen molar-refractivity contribution < 1.29 is 3.79 Å². The van der Waals surface area contributed by atoms with Crippen LogP contribution in [0.2, 0.25) is 9.06 Å². The van der Waals surface area contributed by atoms with E-state index < -0.39 is 14.5 Å². The minimum atomic E-state index is -1.93. The third-order valence-corrected chi connectivity index (χ3v) is 15.1. The summed E-state index contributed by atoms with van der Waals surface area (Å²) in [4.78, 5) is 0. The largest absolute Gasteiger partial charge is 0.494 e. The molecule has 1 saturated heterocycles. The fourth-order valence-corrected chi connectivity index (χ4v) is 17.4. The molecule has 1 aliphatic rings. The lowest BCUT2D eigenvalue weighted by Crippen LogP contribution is -2.87. The molecule has 0 aliphatic carbocycles. The van der Waals surface area contributed by atoms with Gasteiger partial charge in [0.1, 0.15) is 0 Å². The molecule has 38 heavy (non-hydrogen) atoms. The predicted molar refractivity (Wildman–Crippen MR) is 174 cm³/mol. The first-order valence-corrected chi connectivity index (χ1v) is 17.4. The number of rotatable bonds is 0. The summed E-state index contributed by atoms with van der Waals surface area (Å²) in [6.07, 6.45) is 0. The van der Waals surface area contributed by atoms with Gasteiger partial charge in [-0.15, -0.1) is 0 Å². The quantitative estimate of drug-likeness (QED) is 0.273. The van der Waals surface area contributed by atoms with Crippen molar-refractivity contribution in [1.29, 1.82) is 0 Å². The molecule has 1 nitrogen and oxygen atoms in total. The van der Waals surface area contributed by atoms with Crippen LogP contribution in [0.25, 0.3) is 0 Å². The molecule has 1 fully saturated rings. The fourth-order valence-electron chi connectivity index (χ4n) is 12.0. The first-order valence-electron chi connectivity index (χ1n) is 15.6. The number of hydrogen-bond donors (Lipinski definition) is 0. The SMILES string of the molecule is CC(C)(C)[CH]1[Al]([C](C)(C)C)[O]C(C(C)(C)C)(C(C)(C)C)C(C(C)(C)C)(C(C)(C)C)C1(C(C)(C)C)C(C)(C)C. The average Bonchev–Trinajstić information content (AvgIpc) is 2.51. The Morgan fingerprint density at radius 1 is 0.421 bits per heavy atom. The zero-order chi connectivity index (χ0) is 31.4. The molecule has 1 atom stereocenters. The highest BCUT2D eigenvalue weighted by molar-refractivity contribution is 6.58. The van der Waals surface area contributed by atoms with E-state index in [9.17, 15) is 0 Å². The highest BCUT2D eigenvalue weighted by Crippen LogP contribution is 2.87. The molecule has 0 bridgehead atoms. The summed E-state index contributed by atoms with van der Waals surface area (Å²) >= 11 is -1.93. The summed E-state index contributed by atoms with van der Waals surface area (Å²) in [5.41, 5.74) is -0.771. The van der Waals surface area contributed by atoms with Crippen LogP contribution in [0, 0.1) is 48.7 Å². The van der Waals surface area contributed by atoms with Gasteiger partial charge in [-0.25, -0.2) is 0 Å². The van der Waals surface area contributed by atoms with E-state index in [-0.39, 0.29) is 58.6 Å². The minimum absolute atomic E-state index is 0.0196. The Morgan fingerprint density at radius 3 is 0.868 bits per heavy atom. The van der Waals surface area contributed by atoms with Gasteiger partial charge in [0.15, 0.2) is 0 Å². The summed E-state index contributed by atoms with van der Waals surface area (Å²) < 4.78 is 8.94. The molecule has 2 heteroatoms. The van der Waals surface area contributed by atoms with E-state index in [0.717, 1.165) is 0 Å². The fraction of sp³-hybridized carbons (Fsp3) is 1.00. The third kappa shape index (κ3) is 4.64. The van der Waals surface area contributed by atoms with Crippen molar-refractivity contribution in [2.24, 2.45) is 48.7 Å². The molecular formula is C36H73AlO. The van der Waals surface area contributed by atoms with Gasteiger partial charge in [-0.3, -0.25) is 0 Å². The lowest BCUT2D eigenvalue weighted by atomic mass is 9.24. The van der Waals surface area contributed by atoms with Crippen molar-refractivity contribution in [1.82, 2.24) is 0 Å². The van der Waals surface area contributed by atoms with Crippen LogP contribution in [-0.4, -0.2) is 20.1 Å². The Kier molecular flexibility index (Phi) is 8.88. The van der Waals surface area contributed by atoms with Gasteiger partial charge < -0.3 is 3.79 Å². The Hall–Kier alpha value is 0.492. The molecule has 0 aromatic carbocycles. The van der Waals surface area contributed by atoms with Crippen molar-refractivity contribution in [2.45, 2.75) is 181 Å². The summed E-state index contributed by atoms with van der Waals surface area (Å²) in [5.74, 6) is 0. The second kappa shape index (κ2) is 9.24. The van der Waals surface area contributed by atoms with Crippen LogP contribution in [0.3, 0.4) is 0 Å². The molecule has 0 aromatic rings. The van der Waals surface area contributed by atoms with Gasteiger partial charge in [0.2, 0.25) is 0 Å². The molecule has 0 radical (unpaired) electrons. The van der Waals surface area contributed by atoms with Gasteiger partial charge in [-0.1, -0.05) is 170 Å². The Balaban J connectivity index is 5.22. The standard InChI is InChI=1S/C32H64O.C4H9.Al/c1-23(2,3)22-30(24(4,5)6,25(7,8)9)31(26(10,11)12,27(13,14)15)32(33,28(16,17)18)29(19,20)21;1-4(2)3;/h22H,1-21H3;1-3H3;/q-1;;+1. The van der Waals surface area contributed by atoms with Crippen LogP contribution >= 0.6 is 0 Å². The second-order valence-electron chi connectivity index (χ2n) is 21.5. The van der Waals surface area contributed by atoms with E-state index >= 15 is 0 Å². The Labute approximate surface area is 247 Å². The normalized spacial score (nSPS) is 24.0. The van der Waals surface area contributed by atoms with Crippen molar-refractivity contribution in [3.63, 3.8) is 0 Å². The lowest BCUT2D eigenvalue weighted by Gasteiger charge is -2.87. The van der Waals surface area contributed by atoms with E-state index in [1.54, 1.807) is 0 Å². The van der Waals surface area contributed by atoms with Crippen molar-refractivity contribution >= 4 is 14.5 Å². The molecule has 0 amide bonds. The Morgan fingerprint density at radius 2 is 0.711 bits per heavy atom. The van der Waals surface area contributed by atoms with Crippen LogP contribution in [-0.2, 0) is 3.79 Å². The topological polar surface area (TPSA) is 9.23 Å². The van der Waals surface area contributed by atoms with E-state index in [4.69, 9.17) is 3.79 Å². The molecule has 1 aliphatic heterocycles. The smallest absolute Gasteiger partial charge is 0.471 e. The maximum Gasteiger partial charge on any atom is 0.471 e. The van der Waals surface area contributed by atoms with E-state index in [2.05, 4.69) is 166 Å². The summed E-state index contributed by atoms with van der Waals surface area (Å²) in [5, 5.41) is 0. The molecule has 0 spiro atoms. The molecule has 0 N–H and O–H groups in total. The molecular weight excluding hydrogens is 475 g/mol. The minimum Gasteiger partial charge on any atom is -0.494 e. The van der Waals surface area contributed by atoms with Crippen LogP contribution in [0.1, 0.15) is 166 Å². The molecule has 226 valence electrons. The molecule has 0 saturated carbocycles. The Bertz CT molecular complexity index is 793. The van der Waals surface area contributed by atoms with E-state index in [0.29, 0.717) is 4.78 Å². The van der Waals surface area contributed by atoms with Crippen LogP contribution < -0.4 is 0 Å². The van der Waals surface area contributed by atoms with Gasteiger partial charge in [0.05, 0.1) is 5.60 Å². The zero-order valence-corrected chi connectivity index (χ0v) is 32.2. The summed E-state index contributed by atoms with van der Waals surface area (Å²) in [7, 11) is 0. The van der Waals surface area contributed by atoms with Gasteiger partial charge in [0, 0.05) is 5.41 Å². The maximum atomic E-state index is 8.36.